The topological polar surface area (TPSA) is 37.3 Å². The van der Waals surface area contributed by atoms with E-state index < -0.39 is 5.60 Å². The molecule has 2 nitrogen and oxygen atoms in total. The van der Waals surface area contributed by atoms with E-state index in [9.17, 15) is 9.90 Å². The zero-order valence-corrected chi connectivity index (χ0v) is 7.05. The molecule has 0 saturated carbocycles. The van der Waals surface area contributed by atoms with Gasteiger partial charge in [-0.25, -0.2) is 0 Å². The van der Waals surface area contributed by atoms with Crippen LogP contribution in [0.5, 0.6) is 0 Å². The highest BCUT2D eigenvalue weighted by atomic mass is 16.3. The minimum Gasteiger partial charge on any atom is -0.385 e. The highest BCUT2D eigenvalue weighted by Crippen LogP contribution is 2.28. The van der Waals surface area contributed by atoms with E-state index in [-0.39, 0.29) is 5.78 Å². The number of hydrogen-bond acceptors (Lipinski definition) is 2. The van der Waals surface area contributed by atoms with Crippen LogP contribution in [0.2, 0.25) is 0 Å². The fourth-order valence-electron chi connectivity index (χ4n) is 1.57. The summed E-state index contributed by atoms with van der Waals surface area (Å²) >= 11 is 0. The highest BCUT2D eigenvalue weighted by molar-refractivity contribution is 5.95. The molecule has 0 aromatic carbocycles. The standard InChI is InChI=1S/C9H14O2/c1-7(10)8-5-3-4-6-9(8,2)11/h5,11H,3-4,6H2,1-2H3. The van der Waals surface area contributed by atoms with Gasteiger partial charge < -0.3 is 5.11 Å². The molecule has 1 unspecified atom stereocenters. The largest absolute Gasteiger partial charge is 0.385 e. The molecular formula is C9H14O2. The first kappa shape index (κ1) is 8.47. The molecule has 1 aliphatic rings. The molecule has 0 bridgehead atoms. The smallest absolute Gasteiger partial charge is 0.158 e. The second-order valence-electron chi connectivity index (χ2n) is 3.34. The minimum atomic E-state index is -0.871. The van der Waals surface area contributed by atoms with Gasteiger partial charge in [-0.15, -0.1) is 0 Å². The van der Waals surface area contributed by atoms with Gasteiger partial charge in [0.25, 0.3) is 0 Å². The molecule has 1 aliphatic carbocycles. The Morgan fingerprint density at radius 3 is 2.73 bits per heavy atom. The zero-order chi connectivity index (χ0) is 8.48. The van der Waals surface area contributed by atoms with Gasteiger partial charge in [-0.1, -0.05) is 6.08 Å². The van der Waals surface area contributed by atoms with Crippen LogP contribution in [-0.4, -0.2) is 16.5 Å². The predicted octanol–water partition coefficient (Wildman–Crippen LogP) is 1.44. The summed E-state index contributed by atoms with van der Waals surface area (Å²) in [5, 5.41) is 9.72. The lowest BCUT2D eigenvalue weighted by atomic mass is 9.83. The van der Waals surface area contributed by atoms with Crippen molar-refractivity contribution in [2.45, 2.75) is 38.7 Å². The third kappa shape index (κ3) is 1.69. The zero-order valence-electron chi connectivity index (χ0n) is 7.05. The minimum absolute atomic E-state index is 0.00491. The molecule has 0 aromatic rings. The van der Waals surface area contributed by atoms with E-state index in [0.29, 0.717) is 12.0 Å². The maximum absolute atomic E-state index is 11.0. The summed E-state index contributed by atoms with van der Waals surface area (Å²) in [4.78, 5) is 11.0. The van der Waals surface area contributed by atoms with Gasteiger partial charge in [0.15, 0.2) is 5.78 Å². The van der Waals surface area contributed by atoms with Crippen molar-refractivity contribution in [2.24, 2.45) is 0 Å². The van der Waals surface area contributed by atoms with Gasteiger partial charge in [0, 0.05) is 5.57 Å². The van der Waals surface area contributed by atoms with E-state index in [1.54, 1.807) is 6.92 Å². The lowest BCUT2D eigenvalue weighted by molar-refractivity contribution is -0.115. The summed E-state index contributed by atoms with van der Waals surface area (Å²) in [5.74, 6) is -0.00491. The van der Waals surface area contributed by atoms with E-state index in [4.69, 9.17) is 0 Å². The van der Waals surface area contributed by atoms with Gasteiger partial charge in [-0.05, 0) is 33.1 Å². The van der Waals surface area contributed by atoms with E-state index in [2.05, 4.69) is 0 Å². The Morgan fingerprint density at radius 1 is 1.73 bits per heavy atom. The number of rotatable bonds is 1. The van der Waals surface area contributed by atoms with Crippen molar-refractivity contribution in [2.75, 3.05) is 0 Å². The first-order valence-electron chi connectivity index (χ1n) is 3.98. The Morgan fingerprint density at radius 2 is 2.36 bits per heavy atom. The third-order valence-corrected chi connectivity index (χ3v) is 2.18. The summed E-state index contributed by atoms with van der Waals surface area (Å²) in [6.07, 6.45) is 4.46. The molecule has 0 aliphatic heterocycles. The summed E-state index contributed by atoms with van der Waals surface area (Å²) in [6, 6.07) is 0. The number of hydrogen-bond donors (Lipinski definition) is 1. The van der Waals surface area contributed by atoms with Gasteiger partial charge in [0.05, 0.1) is 5.60 Å². The second kappa shape index (κ2) is 2.78. The predicted molar refractivity (Wildman–Crippen MR) is 43.2 cm³/mol. The van der Waals surface area contributed by atoms with Crippen LogP contribution >= 0.6 is 0 Å². The molecule has 1 atom stereocenters. The van der Waals surface area contributed by atoms with Crippen LogP contribution in [0, 0.1) is 0 Å². The Bertz CT molecular complexity index is 202. The Kier molecular flexibility index (Phi) is 2.14. The van der Waals surface area contributed by atoms with Gasteiger partial charge in [0.2, 0.25) is 0 Å². The van der Waals surface area contributed by atoms with Crippen molar-refractivity contribution >= 4 is 5.78 Å². The fourth-order valence-corrected chi connectivity index (χ4v) is 1.57. The van der Waals surface area contributed by atoms with E-state index in [1.165, 1.54) is 6.92 Å². The summed E-state index contributed by atoms with van der Waals surface area (Å²) < 4.78 is 0. The number of ketones is 1. The number of carbonyl (C=O) groups excluding carboxylic acids is 1. The van der Waals surface area contributed by atoms with Crippen LogP contribution in [-0.2, 0) is 4.79 Å². The Hall–Kier alpha value is -0.630. The number of aliphatic hydroxyl groups is 1. The lowest BCUT2D eigenvalue weighted by Gasteiger charge is -2.28. The third-order valence-electron chi connectivity index (χ3n) is 2.18. The van der Waals surface area contributed by atoms with Gasteiger partial charge in [0.1, 0.15) is 0 Å². The van der Waals surface area contributed by atoms with Crippen molar-refractivity contribution in [3.8, 4) is 0 Å². The first-order chi connectivity index (χ1) is 5.04. The van der Waals surface area contributed by atoms with Gasteiger partial charge >= 0.3 is 0 Å². The maximum Gasteiger partial charge on any atom is 0.158 e. The number of Topliss-reactive ketones (excluding diaryl/α,β-unsaturated/α-hetero) is 1. The molecule has 1 rings (SSSR count). The molecule has 2 heteroatoms. The SMILES string of the molecule is CC(=O)C1=CCCCC1(C)O. The Labute approximate surface area is 66.9 Å². The molecule has 0 spiro atoms. The van der Waals surface area contributed by atoms with Crippen molar-refractivity contribution in [3.05, 3.63) is 11.6 Å². The normalized spacial score (nSPS) is 31.4. The molecule has 0 fully saturated rings. The van der Waals surface area contributed by atoms with Crippen LogP contribution in [0.25, 0.3) is 0 Å². The molecule has 11 heavy (non-hydrogen) atoms. The van der Waals surface area contributed by atoms with Gasteiger partial charge in [-0.3, -0.25) is 4.79 Å². The van der Waals surface area contributed by atoms with Crippen LogP contribution < -0.4 is 0 Å². The van der Waals surface area contributed by atoms with Crippen LogP contribution in [0.3, 0.4) is 0 Å². The van der Waals surface area contributed by atoms with Crippen molar-refractivity contribution < 1.29 is 9.90 Å². The van der Waals surface area contributed by atoms with Crippen LogP contribution in [0.15, 0.2) is 11.6 Å². The molecule has 0 aromatic heterocycles. The average Bonchev–Trinajstić information content (AvgIpc) is 1.85. The van der Waals surface area contributed by atoms with E-state index in [0.717, 1.165) is 12.8 Å². The van der Waals surface area contributed by atoms with Crippen LogP contribution in [0.4, 0.5) is 0 Å². The lowest BCUT2D eigenvalue weighted by Crippen LogP contribution is -2.32. The molecule has 0 amide bonds. The molecule has 1 N–H and O–H groups in total. The summed E-state index contributed by atoms with van der Waals surface area (Å²) in [6.45, 7) is 3.21. The molecule has 62 valence electrons. The monoisotopic (exact) mass is 154 g/mol. The van der Waals surface area contributed by atoms with E-state index >= 15 is 0 Å². The molecule has 0 saturated heterocycles. The number of carbonyl (C=O) groups is 1. The van der Waals surface area contributed by atoms with E-state index in [1.807, 2.05) is 6.08 Å². The number of allylic oxidation sites excluding steroid dienone is 1. The van der Waals surface area contributed by atoms with Crippen LogP contribution in [0.1, 0.15) is 33.1 Å². The highest BCUT2D eigenvalue weighted by Gasteiger charge is 2.30. The van der Waals surface area contributed by atoms with Crippen molar-refractivity contribution in [1.82, 2.24) is 0 Å². The second-order valence-corrected chi connectivity index (χ2v) is 3.34. The average molecular weight is 154 g/mol. The van der Waals surface area contributed by atoms with Gasteiger partial charge in [-0.2, -0.15) is 0 Å². The fraction of sp³-hybridized carbons (Fsp3) is 0.667. The summed E-state index contributed by atoms with van der Waals surface area (Å²) in [7, 11) is 0. The molecular weight excluding hydrogens is 140 g/mol. The molecule has 0 heterocycles. The van der Waals surface area contributed by atoms with Crippen molar-refractivity contribution in [3.63, 3.8) is 0 Å². The van der Waals surface area contributed by atoms with Crippen molar-refractivity contribution in [1.29, 1.82) is 0 Å². The Balaban J connectivity index is 2.89. The summed E-state index contributed by atoms with van der Waals surface area (Å²) in [5.41, 5.74) is -0.284. The molecule has 0 radical (unpaired) electrons. The quantitative estimate of drug-likeness (QED) is 0.620. The first-order valence-corrected chi connectivity index (χ1v) is 3.98. The maximum atomic E-state index is 11.0.